The van der Waals surface area contributed by atoms with Crippen LogP contribution in [0.1, 0.15) is 18.4 Å². The van der Waals surface area contributed by atoms with Crippen LogP contribution in [-0.2, 0) is 26.2 Å². The minimum Gasteiger partial charge on any atom is -0.344 e. The van der Waals surface area contributed by atoms with Gasteiger partial charge in [0.1, 0.15) is 5.82 Å². The molecule has 1 fully saturated rings. The van der Waals surface area contributed by atoms with Gasteiger partial charge in [0.15, 0.2) is 0 Å². The van der Waals surface area contributed by atoms with E-state index in [2.05, 4.69) is 10.6 Å². The lowest BCUT2D eigenvalue weighted by atomic mass is 10.2. The van der Waals surface area contributed by atoms with Gasteiger partial charge >= 0.3 is 11.8 Å². The van der Waals surface area contributed by atoms with Gasteiger partial charge in [-0.25, -0.2) is 12.8 Å². The fourth-order valence-corrected chi connectivity index (χ4v) is 4.48. The van der Waals surface area contributed by atoms with E-state index in [1.54, 1.807) is 24.3 Å². The molecule has 3 rings (SSSR count). The highest BCUT2D eigenvalue weighted by Crippen LogP contribution is 2.24. The van der Waals surface area contributed by atoms with Crippen molar-refractivity contribution in [2.24, 2.45) is 0 Å². The van der Waals surface area contributed by atoms with E-state index in [1.807, 2.05) is 0 Å². The van der Waals surface area contributed by atoms with E-state index in [4.69, 9.17) is 0 Å². The number of anilines is 2. The number of carbonyl (C=O) groups is 2. The number of hydrogen-bond acceptors (Lipinski definition) is 4. The summed E-state index contributed by atoms with van der Waals surface area (Å²) in [7, 11) is -3.30. The lowest BCUT2D eigenvalue weighted by Gasteiger charge is -2.28. The highest BCUT2D eigenvalue weighted by Gasteiger charge is 2.25. The van der Waals surface area contributed by atoms with E-state index >= 15 is 0 Å². The molecule has 7 nitrogen and oxygen atoms in total. The molecular weight excluding hydrogens is 385 g/mol. The zero-order valence-electron chi connectivity index (χ0n) is 15.0. The highest BCUT2D eigenvalue weighted by molar-refractivity contribution is 7.92. The molecule has 0 aromatic heterocycles. The van der Waals surface area contributed by atoms with Crippen molar-refractivity contribution in [3.63, 3.8) is 0 Å². The first-order chi connectivity index (χ1) is 13.3. The largest absolute Gasteiger partial charge is 0.344 e. The standard InChI is InChI=1S/C19H20FN3O4S/c20-15-5-3-14(4-6-15)13-21-18(24)19(25)22-16-7-9-17(10-8-16)23-11-1-2-12-28(23,26)27/h3-10H,1-2,11-13H2,(H,21,24)(H,22,25). The Bertz CT molecular complexity index is 960. The van der Waals surface area contributed by atoms with Crippen molar-refractivity contribution in [1.82, 2.24) is 5.32 Å². The van der Waals surface area contributed by atoms with Gasteiger partial charge in [0.2, 0.25) is 10.0 Å². The second-order valence-electron chi connectivity index (χ2n) is 6.41. The SMILES string of the molecule is O=C(NCc1ccc(F)cc1)C(=O)Nc1ccc(N2CCCCS2(=O)=O)cc1. The number of hydrogen-bond donors (Lipinski definition) is 2. The van der Waals surface area contributed by atoms with Crippen LogP contribution in [0.5, 0.6) is 0 Å². The van der Waals surface area contributed by atoms with Crippen LogP contribution in [-0.4, -0.2) is 32.5 Å². The fourth-order valence-electron chi connectivity index (χ4n) is 2.84. The van der Waals surface area contributed by atoms with Gasteiger partial charge in [0.25, 0.3) is 0 Å². The van der Waals surface area contributed by atoms with Crippen LogP contribution in [0.25, 0.3) is 0 Å². The van der Waals surface area contributed by atoms with Gasteiger partial charge < -0.3 is 10.6 Å². The number of sulfonamides is 1. The Morgan fingerprint density at radius 3 is 2.29 bits per heavy atom. The molecule has 2 amide bonds. The molecule has 148 valence electrons. The van der Waals surface area contributed by atoms with E-state index in [9.17, 15) is 22.4 Å². The second kappa shape index (κ2) is 8.39. The Labute approximate surface area is 162 Å². The van der Waals surface area contributed by atoms with Gasteiger partial charge in [0.05, 0.1) is 11.4 Å². The molecule has 0 saturated carbocycles. The Morgan fingerprint density at radius 1 is 0.964 bits per heavy atom. The second-order valence-corrected chi connectivity index (χ2v) is 8.42. The number of nitrogens with zero attached hydrogens (tertiary/aromatic N) is 1. The van der Waals surface area contributed by atoms with Gasteiger partial charge in [-0.3, -0.25) is 13.9 Å². The third-order valence-electron chi connectivity index (χ3n) is 4.33. The smallest absolute Gasteiger partial charge is 0.313 e. The third kappa shape index (κ3) is 4.86. The lowest BCUT2D eigenvalue weighted by molar-refractivity contribution is -0.136. The maximum atomic E-state index is 12.9. The van der Waals surface area contributed by atoms with E-state index in [0.29, 0.717) is 29.9 Å². The molecule has 0 atom stereocenters. The normalized spacial score (nSPS) is 15.7. The molecule has 28 heavy (non-hydrogen) atoms. The molecule has 0 radical (unpaired) electrons. The summed E-state index contributed by atoms with van der Waals surface area (Å²) in [6.07, 6.45) is 1.45. The molecule has 0 aliphatic carbocycles. The van der Waals surface area contributed by atoms with Crippen LogP contribution in [0.3, 0.4) is 0 Å². The zero-order valence-corrected chi connectivity index (χ0v) is 15.8. The van der Waals surface area contributed by atoms with Crippen LogP contribution >= 0.6 is 0 Å². The minimum absolute atomic E-state index is 0.0955. The van der Waals surface area contributed by atoms with Crippen LogP contribution in [0, 0.1) is 5.82 Å². The molecule has 2 N–H and O–H groups in total. The van der Waals surface area contributed by atoms with Gasteiger partial charge in [0, 0.05) is 18.8 Å². The third-order valence-corrected chi connectivity index (χ3v) is 6.20. The summed E-state index contributed by atoms with van der Waals surface area (Å²) in [5.41, 5.74) is 1.56. The van der Waals surface area contributed by atoms with Gasteiger partial charge in [-0.05, 0) is 54.8 Å². The van der Waals surface area contributed by atoms with Crippen molar-refractivity contribution < 1.29 is 22.4 Å². The van der Waals surface area contributed by atoms with Crippen molar-refractivity contribution in [2.45, 2.75) is 19.4 Å². The molecule has 2 aromatic rings. The summed E-state index contributed by atoms with van der Waals surface area (Å²) in [6.45, 7) is 0.526. The van der Waals surface area contributed by atoms with Gasteiger partial charge in [-0.15, -0.1) is 0 Å². The topological polar surface area (TPSA) is 95.6 Å². The van der Waals surface area contributed by atoms with Crippen molar-refractivity contribution >= 4 is 33.2 Å². The first-order valence-electron chi connectivity index (χ1n) is 8.79. The summed E-state index contributed by atoms with van der Waals surface area (Å²) < 4.78 is 38.5. The summed E-state index contributed by atoms with van der Waals surface area (Å²) in [4.78, 5) is 23.9. The van der Waals surface area contributed by atoms with Crippen molar-refractivity contribution in [3.05, 3.63) is 59.9 Å². The van der Waals surface area contributed by atoms with Crippen molar-refractivity contribution in [1.29, 1.82) is 0 Å². The fraction of sp³-hybridized carbons (Fsp3) is 0.263. The number of nitrogens with one attached hydrogen (secondary N) is 2. The van der Waals surface area contributed by atoms with E-state index in [-0.39, 0.29) is 18.1 Å². The number of rotatable bonds is 4. The Balaban J connectivity index is 1.56. The van der Waals surface area contributed by atoms with Crippen LogP contribution in [0.15, 0.2) is 48.5 Å². The molecule has 1 heterocycles. The van der Waals surface area contributed by atoms with Crippen LogP contribution < -0.4 is 14.9 Å². The number of amides is 2. The number of carbonyl (C=O) groups excluding carboxylic acids is 2. The molecular formula is C19H20FN3O4S. The quantitative estimate of drug-likeness (QED) is 0.761. The maximum absolute atomic E-state index is 12.9. The summed E-state index contributed by atoms with van der Waals surface area (Å²) in [5, 5.41) is 4.91. The highest BCUT2D eigenvalue weighted by atomic mass is 32.2. The Morgan fingerprint density at radius 2 is 1.64 bits per heavy atom. The molecule has 1 saturated heterocycles. The predicted octanol–water partition coefficient (Wildman–Crippen LogP) is 2.01. The molecule has 1 aliphatic heterocycles. The molecule has 2 aromatic carbocycles. The lowest BCUT2D eigenvalue weighted by Crippen LogP contribution is -2.37. The predicted molar refractivity (Wildman–Crippen MR) is 104 cm³/mol. The zero-order chi connectivity index (χ0) is 20.1. The molecule has 0 spiro atoms. The average molecular weight is 405 g/mol. The Hall–Kier alpha value is -2.94. The minimum atomic E-state index is -3.30. The maximum Gasteiger partial charge on any atom is 0.313 e. The van der Waals surface area contributed by atoms with Crippen molar-refractivity contribution in [2.75, 3.05) is 21.9 Å². The molecule has 1 aliphatic rings. The van der Waals surface area contributed by atoms with E-state index in [1.165, 1.54) is 28.6 Å². The first-order valence-corrected chi connectivity index (χ1v) is 10.4. The first kappa shape index (κ1) is 19.8. The molecule has 0 unspecified atom stereocenters. The van der Waals surface area contributed by atoms with Crippen LogP contribution in [0.2, 0.25) is 0 Å². The van der Waals surface area contributed by atoms with Gasteiger partial charge in [-0.2, -0.15) is 0 Å². The molecule has 0 bridgehead atoms. The summed E-state index contributed by atoms with van der Waals surface area (Å²) >= 11 is 0. The molecule has 9 heteroatoms. The van der Waals surface area contributed by atoms with E-state index in [0.717, 1.165) is 6.42 Å². The summed E-state index contributed by atoms with van der Waals surface area (Å²) in [5.74, 6) is -1.93. The number of benzene rings is 2. The monoisotopic (exact) mass is 405 g/mol. The average Bonchev–Trinajstić information content (AvgIpc) is 2.68. The Kier molecular flexibility index (Phi) is 5.93. The summed E-state index contributed by atoms with van der Waals surface area (Å²) in [6, 6.07) is 11.8. The van der Waals surface area contributed by atoms with Gasteiger partial charge in [-0.1, -0.05) is 12.1 Å². The van der Waals surface area contributed by atoms with Crippen molar-refractivity contribution in [3.8, 4) is 0 Å². The van der Waals surface area contributed by atoms with E-state index < -0.39 is 21.8 Å². The number of halogens is 1. The van der Waals surface area contributed by atoms with Crippen LogP contribution in [0.4, 0.5) is 15.8 Å².